The van der Waals surface area contributed by atoms with E-state index in [9.17, 15) is 0 Å². The van der Waals surface area contributed by atoms with Crippen LogP contribution in [0.5, 0.6) is 0 Å². The number of methoxy groups -OCH3 is 1. The average Bonchev–Trinajstić information content (AvgIpc) is 2.44. The Morgan fingerprint density at radius 3 is 2.50 bits per heavy atom. The molecule has 2 N–H and O–H groups in total. The van der Waals surface area contributed by atoms with Gasteiger partial charge >= 0.3 is 0 Å². The number of nitrogens with one attached hydrogen (secondary N) is 2. The van der Waals surface area contributed by atoms with Crippen molar-refractivity contribution in [1.82, 2.24) is 10.6 Å². The van der Waals surface area contributed by atoms with Crippen LogP contribution in [-0.2, 0) is 17.9 Å². The molecule has 0 aliphatic carbocycles. The molecule has 4 nitrogen and oxygen atoms in total. The SMILES string of the molecule is CCC(C)NC(=NC)NCc1ccccc1COC.I. The Balaban J connectivity index is 0.00000361. The number of ether oxygens (including phenoxy) is 1. The van der Waals surface area contributed by atoms with E-state index in [-0.39, 0.29) is 24.0 Å². The van der Waals surface area contributed by atoms with Crippen molar-refractivity contribution in [2.24, 2.45) is 4.99 Å². The van der Waals surface area contributed by atoms with Crippen molar-refractivity contribution >= 4 is 29.9 Å². The van der Waals surface area contributed by atoms with E-state index in [1.165, 1.54) is 11.1 Å². The Hall–Kier alpha value is -0.820. The zero-order valence-electron chi connectivity index (χ0n) is 12.8. The first-order valence-electron chi connectivity index (χ1n) is 6.74. The highest BCUT2D eigenvalue weighted by Gasteiger charge is 2.05. The van der Waals surface area contributed by atoms with E-state index in [0.717, 1.165) is 18.9 Å². The number of hydrogen-bond donors (Lipinski definition) is 2. The molecule has 0 spiro atoms. The summed E-state index contributed by atoms with van der Waals surface area (Å²) in [5.74, 6) is 0.835. The van der Waals surface area contributed by atoms with Gasteiger partial charge < -0.3 is 15.4 Å². The van der Waals surface area contributed by atoms with E-state index in [1.54, 1.807) is 14.2 Å². The third-order valence-corrected chi connectivity index (χ3v) is 3.08. The molecule has 0 saturated heterocycles. The molecular weight excluding hydrogens is 365 g/mol. The molecule has 0 fully saturated rings. The van der Waals surface area contributed by atoms with Crippen LogP contribution in [0.1, 0.15) is 31.4 Å². The lowest BCUT2D eigenvalue weighted by Gasteiger charge is -2.17. The highest BCUT2D eigenvalue weighted by atomic mass is 127. The Morgan fingerprint density at radius 1 is 1.30 bits per heavy atom. The monoisotopic (exact) mass is 391 g/mol. The quantitative estimate of drug-likeness (QED) is 0.445. The van der Waals surface area contributed by atoms with Crippen molar-refractivity contribution < 1.29 is 4.74 Å². The van der Waals surface area contributed by atoms with Gasteiger partial charge in [-0.2, -0.15) is 0 Å². The molecule has 0 radical (unpaired) electrons. The van der Waals surface area contributed by atoms with Crippen molar-refractivity contribution in [1.29, 1.82) is 0 Å². The van der Waals surface area contributed by atoms with Crippen LogP contribution < -0.4 is 10.6 Å². The van der Waals surface area contributed by atoms with Crippen LogP contribution >= 0.6 is 24.0 Å². The molecule has 1 unspecified atom stereocenters. The molecule has 0 aliphatic rings. The molecule has 0 saturated carbocycles. The number of aliphatic imine (C=N–C) groups is 1. The summed E-state index contributed by atoms with van der Waals surface area (Å²) in [5, 5.41) is 6.68. The number of benzene rings is 1. The topological polar surface area (TPSA) is 45.7 Å². The maximum absolute atomic E-state index is 5.21. The van der Waals surface area contributed by atoms with Crippen LogP contribution in [0.3, 0.4) is 0 Å². The lowest BCUT2D eigenvalue weighted by atomic mass is 10.1. The minimum Gasteiger partial charge on any atom is -0.380 e. The molecule has 0 aromatic heterocycles. The lowest BCUT2D eigenvalue weighted by molar-refractivity contribution is 0.184. The molecular formula is C15H26IN3O. The van der Waals surface area contributed by atoms with Gasteiger partial charge in [-0.15, -0.1) is 24.0 Å². The van der Waals surface area contributed by atoms with Gasteiger partial charge in [-0.3, -0.25) is 4.99 Å². The van der Waals surface area contributed by atoms with Crippen molar-refractivity contribution in [2.45, 2.75) is 39.5 Å². The number of hydrogen-bond acceptors (Lipinski definition) is 2. The van der Waals surface area contributed by atoms with Crippen LogP contribution in [0, 0.1) is 0 Å². The zero-order chi connectivity index (χ0) is 14.1. The van der Waals surface area contributed by atoms with Gasteiger partial charge in [0.25, 0.3) is 0 Å². The fourth-order valence-corrected chi connectivity index (χ4v) is 1.74. The number of rotatable bonds is 6. The van der Waals surface area contributed by atoms with E-state index in [2.05, 4.69) is 41.6 Å². The van der Waals surface area contributed by atoms with Crippen molar-refractivity contribution in [3.63, 3.8) is 0 Å². The molecule has 1 aromatic rings. The standard InChI is InChI=1S/C15H25N3O.HI/c1-5-12(2)18-15(16-3)17-10-13-8-6-7-9-14(13)11-19-4;/h6-9,12H,5,10-11H2,1-4H3,(H2,16,17,18);1H. The molecule has 1 aromatic carbocycles. The summed E-state index contributed by atoms with van der Waals surface area (Å²) in [7, 11) is 3.51. The molecule has 0 bridgehead atoms. The number of nitrogens with zero attached hydrogens (tertiary/aromatic N) is 1. The molecule has 0 amide bonds. The van der Waals surface area contributed by atoms with Crippen LogP contribution in [0.15, 0.2) is 29.3 Å². The highest BCUT2D eigenvalue weighted by molar-refractivity contribution is 14.0. The van der Waals surface area contributed by atoms with E-state index < -0.39 is 0 Å². The van der Waals surface area contributed by atoms with Gasteiger partial charge in [0.15, 0.2) is 5.96 Å². The first-order chi connectivity index (χ1) is 9.21. The second-order valence-electron chi connectivity index (χ2n) is 4.58. The molecule has 0 aliphatic heterocycles. The molecule has 5 heteroatoms. The van der Waals surface area contributed by atoms with E-state index >= 15 is 0 Å². The maximum Gasteiger partial charge on any atom is 0.191 e. The van der Waals surface area contributed by atoms with Crippen LogP contribution in [-0.4, -0.2) is 26.2 Å². The normalized spacial score (nSPS) is 12.5. The Bertz CT molecular complexity index is 410. The first kappa shape index (κ1) is 19.2. The van der Waals surface area contributed by atoms with Crippen molar-refractivity contribution in [3.8, 4) is 0 Å². The van der Waals surface area contributed by atoms with Gasteiger partial charge in [0.2, 0.25) is 0 Å². The Labute approximate surface area is 139 Å². The zero-order valence-corrected chi connectivity index (χ0v) is 15.1. The molecule has 20 heavy (non-hydrogen) atoms. The summed E-state index contributed by atoms with van der Waals surface area (Å²) >= 11 is 0. The third kappa shape index (κ3) is 6.56. The van der Waals surface area contributed by atoms with Gasteiger partial charge in [0, 0.05) is 26.7 Å². The van der Waals surface area contributed by atoms with Gasteiger partial charge in [-0.1, -0.05) is 31.2 Å². The van der Waals surface area contributed by atoms with Crippen molar-refractivity contribution in [2.75, 3.05) is 14.2 Å². The second kappa shape index (κ2) is 10.9. The van der Waals surface area contributed by atoms with Crippen LogP contribution in [0.2, 0.25) is 0 Å². The fraction of sp³-hybridized carbons (Fsp3) is 0.533. The number of halogens is 1. The highest BCUT2D eigenvalue weighted by Crippen LogP contribution is 2.09. The van der Waals surface area contributed by atoms with Gasteiger partial charge in [0.1, 0.15) is 0 Å². The predicted molar refractivity (Wildman–Crippen MR) is 95.7 cm³/mol. The molecule has 1 atom stereocenters. The second-order valence-corrected chi connectivity index (χ2v) is 4.58. The van der Waals surface area contributed by atoms with E-state index in [1.807, 2.05) is 12.1 Å². The van der Waals surface area contributed by atoms with E-state index in [0.29, 0.717) is 12.6 Å². The average molecular weight is 391 g/mol. The number of guanidine groups is 1. The summed E-state index contributed by atoms with van der Waals surface area (Å²) in [4.78, 5) is 4.23. The van der Waals surface area contributed by atoms with E-state index in [4.69, 9.17) is 4.74 Å². The first-order valence-corrected chi connectivity index (χ1v) is 6.74. The van der Waals surface area contributed by atoms with Crippen LogP contribution in [0.4, 0.5) is 0 Å². The summed E-state index contributed by atoms with van der Waals surface area (Å²) < 4.78 is 5.21. The maximum atomic E-state index is 5.21. The molecule has 0 heterocycles. The smallest absolute Gasteiger partial charge is 0.191 e. The third-order valence-electron chi connectivity index (χ3n) is 3.08. The van der Waals surface area contributed by atoms with Gasteiger partial charge in [-0.25, -0.2) is 0 Å². The predicted octanol–water partition coefficient (Wildman–Crippen LogP) is 2.91. The fourth-order valence-electron chi connectivity index (χ4n) is 1.74. The summed E-state index contributed by atoms with van der Waals surface area (Å²) in [5.41, 5.74) is 2.44. The van der Waals surface area contributed by atoms with Gasteiger partial charge in [-0.05, 0) is 24.5 Å². The lowest BCUT2D eigenvalue weighted by Crippen LogP contribution is -2.41. The van der Waals surface area contributed by atoms with Gasteiger partial charge in [0.05, 0.1) is 6.61 Å². The summed E-state index contributed by atoms with van der Waals surface area (Å²) in [6.07, 6.45) is 1.07. The van der Waals surface area contributed by atoms with Crippen molar-refractivity contribution in [3.05, 3.63) is 35.4 Å². The summed E-state index contributed by atoms with van der Waals surface area (Å²) in [6.45, 7) is 5.68. The Kier molecular flexibility index (Phi) is 10.5. The summed E-state index contributed by atoms with van der Waals surface area (Å²) in [6, 6.07) is 8.69. The molecule has 114 valence electrons. The molecule has 1 rings (SSSR count). The largest absolute Gasteiger partial charge is 0.380 e. The van der Waals surface area contributed by atoms with Crippen LogP contribution in [0.25, 0.3) is 0 Å². The minimum absolute atomic E-state index is 0. The Morgan fingerprint density at radius 2 is 1.95 bits per heavy atom. The minimum atomic E-state index is 0.